The minimum atomic E-state index is -0.651. The van der Waals surface area contributed by atoms with Crippen molar-refractivity contribution in [1.29, 1.82) is 0 Å². The number of rotatable bonds is 5. The Labute approximate surface area is 149 Å². The van der Waals surface area contributed by atoms with E-state index in [4.69, 9.17) is 17.0 Å². The molecule has 0 saturated carbocycles. The first-order chi connectivity index (χ1) is 11.2. The van der Waals surface area contributed by atoms with Gasteiger partial charge in [-0.25, -0.2) is 0 Å². The van der Waals surface area contributed by atoms with E-state index in [2.05, 4.69) is 19.1 Å². The van der Waals surface area contributed by atoms with E-state index >= 15 is 0 Å². The highest BCUT2D eigenvalue weighted by Gasteiger charge is 2.38. The first kappa shape index (κ1) is 18.9. The van der Waals surface area contributed by atoms with Crippen molar-refractivity contribution < 1.29 is 14.6 Å². The Morgan fingerprint density at radius 1 is 1.33 bits per heavy atom. The normalized spacial score (nSPS) is 18.9. The Morgan fingerprint density at radius 2 is 1.92 bits per heavy atom. The first-order valence-electron chi connectivity index (χ1n) is 8.45. The maximum atomic E-state index is 12.7. The van der Waals surface area contributed by atoms with Crippen molar-refractivity contribution in [1.82, 2.24) is 4.90 Å². The fourth-order valence-electron chi connectivity index (χ4n) is 3.55. The molecule has 0 radical (unpaired) electrons. The number of nitrogens with zero attached hydrogens (tertiary/aromatic N) is 1. The van der Waals surface area contributed by atoms with Crippen LogP contribution in [0.1, 0.15) is 55.0 Å². The number of carbonyl (C=O) groups is 1. The van der Waals surface area contributed by atoms with Gasteiger partial charge in [-0.15, -0.1) is 0 Å². The second-order valence-corrected chi connectivity index (χ2v) is 7.51. The lowest BCUT2D eigenvalue weighted by molar-refractivity contribution is -0.130. The van der Waals surface area contributed by atoms with Crippen LogP contribution >= 0.6 is 12.2 Å². The van der Waals surface area contributed by atoms with Gasteiger partial charge in [0.05, 0.1) is 12.5 Å². The van der Waals surface area contributed by atoms with Crippen LogP contribution in [0, 0.1) is 26.7 Å². The number of aliphatic hydroxyl groups is 1. The van der Waals surface area contributed by atoms with Crippen molar-refractivity contribution in [2.24, 2.45) is 5.92 Å². The van der Waals surface area contributed by atoms with Gasteiger partial charge in [0.1, 0.15) is 12.6 Å². The number of hydrogen-bond donors (Lipinski definition) is 1. The molecule has 0 aromatic heterocycles. The second-order valence-electron chi connectivity index (χ2n) is 7.16. The largest absolute Gasteiger partial charge is 0.468 e. The van der Waals surface area contributed by atoms with E-state index in [0.29, 0.717) is 18.9 Å². The maximum Gasteiger partial charge on any atom is 0.266 e. The molecule has 1 fully saturated rings. The summed E-state index contributed by atoms with van der Waals surface area (Å²) < 4.78 is 5.51. The summed E-state index contributed by atoms with van der Waals surface area (Å²) in [5.74, 6) is 0.169. The molecule has 132 valence electrons. The molecule has 0 bridgehead atoms. The van der Waals surface area contributed by atoms with Crippen molar-refractivity contribution in [2.45, 2.75) is 59.6 Å². The van der Waals surface area contributed by atoms with Gasteiger partial charge in [0, 0.05) is 0 Å². The minimum Gasteiger partial charge on any atom is -0.468 e. The lowest BCUT2D eigenvalue weighted by Gasteiger charge is -2.26. The van der Waals surface area contributed by atoms with Crippen LogP contribution in [-0.4, -0.2) is 33.8 Å². The van der Waals surface area contributed by atoms with Crippen LogP contribution in [0.3, 0.4) is 0 Å². The second kappa shape index (κ2) is 7.62. The molecule has 0 unspecified atom stereocenters. The quantitative estimate of drug-likeness (QED) is 0.825. The number of carbonyl (C=O) groups excluding carboxylic acids is 1. The molecule has 2 atom stereocenters. The zero-order valence-electron chi connectivity index (χ0n) is 15.1. The summed E-state index contributed by atoms with van der Waals surface area (Å²) in [6.45, 7) is 10.6. The third kappa shape index (κ3) is 4.14. The predicted octanol–water partition coefficient (Wildman–Crippen LogP) is 3.59. The van der Waals surface area contributed by atoms with E-state index in [-0.39, 0.29) is 23.5 Å². The molecule has 1 amide bonds. The molecule has 1 aliphatic heterocycles. The van der Waals surface area contributed by atoms with Gasteiger partial charge in [0.15, 0.2) is 0 Å². The van der Waals surface area contributed by atoms with Gasteiger partial charge in [-0.1, -0.05) is 31.5 Å². The Balaban J connectivity index is 2.25. The van der Waals surface area contributed by atoms with Gasteiger partial charge >= 0.3 is 0 Å². The van der Waals surface area contributed by atoms with E-state index in [9.17, 15) is 9.90 Å². The van der Waals surface area contributed by atoms with Gasteiger partial charge < -0.3 is 9.84 Å². The summed E-state index contributed by atoms with van der Waals surface area (Å²) in [6, 6.07) is 4.01. The number of aliphatic hydroxyl groups excluding tert-OH is 1. The lowest BCUT2D eigenvalue weighted by atomic mass is 9.93. The van der Waals surface area contributed by atoms with E-state index in [1.54, 1.807) is 4.90 Å². The van der Waals surface area contributed by atoms with Crippen molar-refractivity contribution in [3.63, 3.8) is 0 Å². The number of thiocarbonyl (C=S) groups is 1. The van der Waals surface area contributed by atoms with E-state index < -0.39 is 6.10 Å². The number of aryl methyl sites for hydroxylation is 3. The van der Waals surface area contributed by atoms with Crippen molar-refractivity contribution in [3.8, 4) is 0 Å². The number of ether oxygens (including phenoxy) is 1. The van der Waals surface area contributed by atoms with E-state index in [0.717, 1.165) is 16.7 Å². The monoisotopic (exact) mass is 349 g/mol. The average Bonchev–Trinajstić information content (AvgIpc) is 2.78. The van der Waals surface area contributed by atoms with E-state index in [1.807, 2.05) is 27.7 Å². The molecular formula is C19H27NO3S. The highest BCUT2D eigenvalue weighted by atomic mass is 32.1. The Bertz CT molecular complexity index is 618. The molecule has 2 rings (SSSR count). The molecule has 1 saturated heterocycles. The Hall–Kier alpha value is -1.46. The summed E-state index contributed by atoms with van der Waals surface area (Å²) >= 11 is 5.25. The summed E-state index contributed by atoms with van der Waals surface area (Å²) in [5.41, 5.74) is 4.55. The molecule has 1 aromatic rings. The van der Waals surface area contributed by atoms with Gasteiger partial charge in [-0.2, -0.15) is 0 Å². The summed E-state index contributed by atoms with van der Waals surface area (Å²) in [7, 11) is 0. The smallest absolute Gasteiger partial charge is 0.266 e. The molecule has 1 aliphatic rings. The van der Waals surface area contributed by atoms with Gasteiger partial charge in [0.25, 0.3) is 5.17 Å². The molecule has 0 aliphatic carbocycles. The lowest BCUT2D eigenvalue weighted by Crippen LogP contribution is -2.36. The summed E-state index contributed by atoms with van der Waals surface area (Å²) in [4.78, 5) is 14.3. The number of amides is 1. The molecule has 1 aromatic carbocycles. The fraction of sp³-hybridized carbons (Fsp3) is 0.579. The van der Waals surface area contributed by atoms with Crippen LogP contribution in [0.2, 0.25) is 0 Å². The zero-order valence-corrected chi connectivity index (χ0v) is 15.9. The number of benzene rings is 1. The molecule has 24 heavy (non-hydrogen) atoms. The highest BCUT2D eigenvalue weighted by molar-refractivity contribution is 7.80. The standard InChI is InChI=1S/C19H27NO3S/c1-11(2)6-15(21)9-17(22)20-16(10-23-19(20)24)18-13(4)7-12(3)8-14(18)5/h7-8,11,15-16,21H,6,9-10H2,1-5H3/t15-,16+/m1/s1. The summed E-state index contributed by atoms with van der Waals surface area (Å²) in [5, 5.41) is 10.3. The maximum absolute atomic E-state index is 12.7. The van der Waals surface area contributed by atoms with Crippen LogP contribution in [0.25, 0.3) is 0 Å². The van der Waals surface area contributed by atoms with Crippen molar-refractivity contribution in [2.75, 3.05) is 6.61 Å². The minimum absolute atomic E-state index is 0.0716. The van der Waals surface area contributed by atoms with Crippen LogP contribution in [0.5, 0.6) is 0 Å². The molecule has 0 spiro atoms. The topological polar surface area (TPSA) is 49.8 Å². The molecule has 4 nitrogen and oxygen atoms in total. The van der Waals surface area contributed by atoms with Crippen LogP contribution in [0.15, 0.2) is 12.1 Å². The molecule has 1 N–H and O–H groups in total. The Kier molecular flexibility index (Phi) is 5.99. The Morgan fingerprint density at radius 3 is 2.46 bits per heavy atom. The SMILES string of the molecule is Cc1cc(C)c([C@@H]2COC(=S)N2C(=O)C[C@H](O)CC(C)C)c(C)c1. The third-order valence-electron chi connectivity index (χ3n) is 4.37. The van der Waals surface area contributed by atoms with Crippen LogP contribution in [-0.2, 0) is 9.53 Å². The zero-order chi connectivity index (χ0) is 18.0. The van der Waals surface area contributed by atoms with Crippen molar-refractivity contribution in [3.05, 3.63) is 34.4 Å². The highest BCUT2D eigenvalue weighted by Crippen LogP contribution is 2.33. The number of hydrogen-bond acceptors (Lipinski definition) is 4. The summed E-state index contributed by atoms with van der Waals surface area (Å²) in [6.07, 6.45) is 0.0181. The van der Waals surface area contributed by atoms with Gasteiger partial charge in [0.2, 0.25) is 5.91 Å². The molecule has 5 heteroatoms. The third-order valence-corrected chi connectivity index (χ3v) is 4.68. The van der Waals surface area contributed by atoms with Gasteiger partial charge in [-0.3, -0.25) is 9.69 Å². The van der Waals surface area contributed by atoms with E-state index in [1.165, 1.54) is 5.56 Å². The molecular weight excluding hydrogens is 322 g/mol. The average molecular weight is 349 g/mol. The fourth-order valence-corrected chi connectivity index (χ4v) is 3.85. The predicted molar refractivity (Wildman–Crippen MR) is 98.9 cm³/mol. The van der Waals surface area contributed by atoms with Crippen LogP contribution in [0.4, 0.5) is 0 Å². The first-order valence-corrected chi connectivity index (χ1v) is 8.86. The molecule has 1 heterocycles. The van der Waals surface area contributed by atoms with Crippen molar-refractivity contribution >= 4 is 23.3 Å². The van der Waals surface area contributed by atoms with Gasteiger partial charge in [-0.05, 0) is 62.0 Å². The van der Waals surface area contributed by atoms with Crippen LogP contribution < -0.4 is 0 Å².